The van der Waals surface area contributed by atoms with E-state index in [9.17, 15) is 9.59 Å². The van der Waals surface area contributed by atoms with Crippen LogP contribution in [-0.2, 0) is 19.3 Å². The Balaban J connectivity index is 2.86. The summed E-state index contributed by atoms with van der Waals surface area (Å²) in [5, 5.41) is 0.480. The lowest BCUT2D eigenvalue weighted by molar-refractivity contribution is -0.320. The summed E-state index contributed by atoms with van der Waals surface area (Å²) in [7, 11) is 1.53. The van der Waals surface area contributed by atoms with E-state index in [1.54, 1.807) is 24.3 Å². The van der Waals surface area contributed by atoms with Gasteiger partial charge in [-0.2, -0.15) is 0 Å². The Morgan fingerprint density at radius 1 is 1.05 bits per heavy atom. The SMILES string of the molecule is COc1ccc(N(Cl)N(OC(C)=O)OC(C)=O)cc1. The zero-order valence-corrected chi connectivity index (χ0v) is 11.4. The van der Waals surface area contributed by atoms with Crippen molar-refractivity contribution in [3.63, 3.8) is 0 Å². The molecule has 0 atom stereocenters. The van der Waals surface area contributed by atoms with Crippen LogP contribution in [0.15, 0.2) is 24.3 Å². The van der Waals surface area contributed by atoms with Crippen molar-refractivity contribution in [3.05, 3.63) is 24.3 Å². The van der Waals surface area contributed by atoms with E-state index >= 15 is 0 Å². The number of nitrogens with zero attached hydrogens (tertiary/aromatic N) is 2. The van der Waals surface area contributed by atoms with Crippen LogP contribution < -0.4 is 9.26 Å². The molecule has 0 aliphatic heterocycles. The van der Waals surface area contributed by atoms with Crippen LogP contribution >= 0.6 is 11.8 Å². The maximum absolute atomic E-state index is 10.9. The van der Waals surface area contributed by atoms with Gasteiger partial charge in [-0.1, -0.05) is 0 Å². The number of ether oxygens (including phenoxy) is 1. The monoisotopic (exact) mass is 288 g/mol. The summed E-state index contributed by atoms with van der Waals surface area (Å²) in [6.07, 6.45) is 0. The first-order valence-corrected chi connectivity index (χ1v) is 5.55. The third-order valence-electron chi connectivity index (χ3n) is 1.84. The quantitative estimate of drug-likeness (QED) is 0.605. The largest absolute Gasteiger partial charge is 0.497 e. The van der Waals surface area contributed by atoms with Gasteiger partial charge in [0.1, 0.15) is 5.75 Å². The van der Waals surface area contributed by atoms with Crippen molar-refractivity contribution in [1.82, 2.24) is 5.34 Å². The third kappa shape index (κ3) is 4.65. The van der Waals surface area contributed by atoms with Gasteiger partial charge in [-0.25, -0.2) is 0 Å². The smallest absolute Gasteiger partial charge is 0.328 e. The van der Waals surface area contributed by atoms with Crippen LogP contribution in [0.25, 0.3) is 0 Å². The number of rotatable bonds is 5. The van der Waals surface area contributed by atoms with Crippen LogP contribution in [0.1, 0.15) is 13.8 Å². The van der Waals surface area contributed by atoms with Gasteiger partial charge >= 0.3 is 11.9 Å². The average Bonchev–Trinajstić information content (AvgIpc) is 2.36. The molecule has 0 fully saturated rings. The van der Waals surface area contributed by atoms with Crippen molar-refractivity contribution in [2.45, 2.75) is 13.8 Å². The molecule has 19 heavy (non-hydrogen) atoms. The van der Waals surface area contributed by atoms with E-state index in [0.717, 1.165) is 18.4 Å². The minimum absolute atomic E-state index is 0.407. The Labute approximate surface area is 115 Å². The summed E-state index contributed by atoms with van der Waals surface area (Å²) in [5.41, 5.74) is 0.407. The zero-order chi connectivity index (χ0) is 14.4. The lowest BCUT2D eigenvalue weighted by atomic mass is 10.3. The van der Waals surface area contributed by atoms with E-state index in [1.807, 2.05) is 0 Å². The number of methoxy groups -OCH3 is 1. The predicted octanol–water partition coefficient (Wildman–Crippen LogP) is 1.83. The molecule has 0 radical (unpaired) electrons. The zero-order valence-electron chi connectivity index (χ0n) is 10.6. The van der Waals surface area contributed by atoms with Gasteiger partial charge in [0.2, 0.25) is 0 Å². The molecule has 0 saturated carbocycles. The number of carbonyl (C=O) groups is 2. The first-order valence-electron chi connectivity index (χ1n) is 5.21. The van der Waals surface area contributed by atoms with Crippen molar-refractivity contribution >= 4 is 29.4 Å². The second-order valence-electron chi connectivity index (χ2n) is 3.36. The fourth-order valence-corrected chi connectivity index (χ4v) is 1.28. The molecule has 104 valence electrons. The van der Waals surface area contributed by atoms with Gasteiger partial charge in [-0.15, -0.1) is 4.53 Å². The molecule has 0 heterocycles. The topological polar surface area (TPSA) is 68.3 Å². The molecule has 8 heteroatoms. The minimum Gasteiger partial charge on any atom is -0.497 e. The van der Waals surface area contributed by atoms with Crippen LogP contribution in [0, 0.1) is 0 Å². The normalized spacial score (nSPS) is 9.95. The lowest BCUT2D eigenvalue weighted by Crippen LogP contribution is -2.39. The number of halogens is 1. The molecule has 0 spiro atoms. The molecule has 0 bridgehead atoms. The van der Waals surface area contributed by atoms with Crippen molar-refractivity contribution in [2.24, 2.45) is 0 Å². The second-order valence-corrected chi connectivity index (χ2v) is 3.68. The average molecular weight is 289 g/mol. The molecule has 0 saturated heterocycles. The molecular weight excluding hydrogens is 276 g/mol. The van der Waals surface area contributed by atoms with Crippen LogP contribution in [0.5, 0.6) is 5.75 Å². The summed E-state index contributed by atoms with van der Waals surface area (Å²) in [6.45, 7) is 2.30. The van der Waals surface area contributed by atoms with Crippen LogP contribution in [0.4, 0.5) is 5.69 Å². The Hall–Kier alpha value is -1.99. The first-order chi connectivity index (χ1) is 8.93. The van der Waals surface area contributed by atoms with E-state index in [2.05, 4.69) is 9.68 Å². The molecule has 7 nitrogen and oxygen atoms in total. The molecule has 0 N–H and O–H groups in total. The second kappa shape index (κ2) is 6.81. The summed E-state index contributed by atoms with van der Waals surface area (Å²) >= 11 is 5.92. The van der Waals surface area contributed by atoms with E-state index in [4.69, 9.17) is 16.5 Å². The maximum Gasteiger partial charge on any atom is 0.328 e. The van der Waals surface area contributed by atoms with Gasteiger partial charge in [-0.3, -0.25) is 9.59 Å². The highest BCUT2D eigenvalue weighted by Crippen LogP contribution is 2.23. The Morgan fingerprint density at radius 3 is 1.89 bits per heavy atom. The van der Waals surface area contributed by atoms with E-state index in [0.29, 0.717) is 16.8 Å². The highest BCUT2D eigenvalue weighted by atomic mass is 35.5. The number of carbonyl (C=O) groups excluding carboxylic acids is 2. The van der Waals surface area contributed by atoms with Gasteiger partial charge in [0.15, 0.2) is 5.34 Å². The summed E-state index contributed by atoms with van der Waals surface area (Å²) in [6, 6.07) is 6.46. The molecule has 1 aromatic rings. The fraction of sp³-hybridized carbons (Fsp3) is 0.273. The molecule has 1 aromatic carbocycles. The highest BCUT2D eigenvalue weighted by molar-refractivity contribution is 6.24. The van der Waals surface area contributed by atoms with Crippen LogP contribution in [0.2, 0.25) is 0 Å². The molecular formula is C11H13ClN2O5. The van der Waals surface area contributed by atoms with Crippen molar-refractivity contribution < 1.29 is 24.0 Å². The molecule has 0 aliphatic carbocycles. The Bertz CT molecular complexity index is 435. The number of benzene rings is 1. The molecule has 1 rings (SSSR count). The first kappa shape index (κ1) is 15.1. The standard InChI is InChI=1S/C11H13ClN2O5/c1-8(15)18-14(19-9(2)16)13(12)10-4-6-11(17-3)7-5-10/h4-7H,1-3H3. The number of anilines is 1. The van der Waals surface area contributed by atoms with Gasteiger partial charge in [0, 0.05) is 25.6 Å². The van der Waals surface area contributed by atoms with Gasteiger partial charge in [0.25, 0.3) is 0 Å². The van der Waals surface area contributed by atoms with Crippen molar-refractivity contribution in [3.8, 4) is 5.75 Å². The summed E-state index contributed by atoms with van der Waals surface area (Å²) in [5.74, 6) is -0.763. The van der Waals surface area contributed by atoms with E-state index in [-0.39, 0.29) is 0 Å². The van der Waals surface area contributed by atoms with Crippen molar-refractivity contribution in [2.75, 3.05) is 11.6 Å². The van der Waals surface area contributed by atoms with E-state index in [1.165, 1.54) is 7.11 Å². The predicted molar refractivity (Wildman–Crippen MR) is 66.7 cm³/mol. The fourth-order valence-electron chi connectivity index (χ4n) is 1.11. The summed E-state index contributed by atoms with van der Waals surface area (Å²) < 4.78 is 5.83. The van der Waals surface area contributed by atoms with E-state index < -0.39 is 11.9 Å². The Kier molecular flexibility index (Phi) is 5.40. The number of hydrogen-bond donors (Lipinski definition) is 0. The van der Waals surface area contributed by atoms with Gasteiger partial charge in [-0.05, 0) is 24.3 Å². The molecule has 0 aliphatic rings. The number of hydrazine groups is 1. The molecule has 0 amide bonds. The molecule has 0 unspecified atom stereocenters. The minimum atomic E-state index is -0.694. The third-order valence-corrected chi connectivity index (χ3v) is 2.16. The molecule has 0 aromatic heterocycles. The highest BCUT2D eigenvalue weighted by Gasteiger charge is 2.21. The maximum atomic E-state index is 10.9. The lowest BCUT2D eigenvalue weighted by Gasteiger charge is -2.24. The van der Waals surface area contributed by atoms with Crippen molar-refractivity contribution in [1.29, 1.82) is 0 Å². The van der Waals surface area contributed by atoms with Crippen LogP contribution in [0.3, 0.4) is 0 Å². The Morgan fingerprint density at radius 2 is 1.53 bits per heavy atom. The van der Waals surface area contributed by atoms with Gasteiger partial charge < -0.3 is 14.4 Å². The summed E-state index contributed by atoms with van der Waals surface area (Å²) in [4.78, 5) is 31.1. The van der Waals surface area contributed by atoms with Crippen LogP contribution in [-0.4, -0.2) is 24.4 Å². The van der Waals surface area contributed by atoms with Gasteiger partial charge in [0.05, 0.1) is 12.8 Å². The number of hydrogen-bond acceptors (Lipinski definition) is 7.